The van der Waals surface area contributed by atoms with E-state index in [1.54, 1.807) is 13.8 Å². The number of hydrogen-bond acceptors (Lipinski definition) is 5. The second kappa shape index (κ2) is 28.2. The topological polar surface area (TPSA) is 99.7 Å². The normalized spacial score (nSPS) is 7.91. The number of nitrogens with one attached hydrogen (secondary N) is 1. The van der Waals surface area contributed by atoms with Crippen molar-refractivity contribution < 1.29 is 233 Å². The first-order chi connectivity index (χ1) is 11.0. The average Bonchev–Trinajstić information content (AvgIpc) is 3.13. The van der Waals surface area contributed by atoms with Gasteiger partial charge in [-0.3, -0.25) is 4.79 Å². The van der Waals surface area contributed by atoms with Crippen molar-refractivity contribution in [1.29, 1.82) is 0 Å². The van der Waals surface area contributed by atoms with E-state index in [4.69, 9.17) is 0 Å². The van der Waals surface area contributed by atoms with Gasteiger partial charge in [0.15, 0.2) is 0 Å². The number of amides is 1. The molecule has 0 aliphatic carbocycles. The van der Waals surface area contributed by atoms with E-state index in [1.807, 2.05) is 13.8 Å². The maximum absolute atomic E-state index is 11.8. The van der Waals surface area contributed by atoms with Crippen molar-refractivity contribution in [2.75, 3.05) is 5.32 Å². The van der Waals surface area contributed by atoms with Gasteiger partial charge in [-0.25, -0.2) is 0 Å². The number of anilines is 1. The summed E-state index contributed by atoms with van der Waals surface area (Å²) < 4.78 is 1.35. The van der Waals surface area contributed by atoms with E-state index < -0.39 is 0 Å². The van der Waals surface area contributed by atoms with Crippen LogP contribution in [0.15, 0.2) is 0 Å². The van der Waals surface area contributed by atoms with Gasteiger partial charge in [0.1, 0.15) is 0 Å². The molecule has 3 heterocycles. The van der Waals surface area contributed by atoms with Gasteiger partial charge in [0.25, 0.3) is 0 Å². The summed E-state index contributed by atoms with van der Waals surface area (Å²) in [5.74, 6) is 0.210. The number of aryl methyl sites for hydroxylation is 2. The first-order valence-electron chi connectivity index (χ1n) is 7.37. The predicted molar refractivity (Wildman–Crippen MR) is 83.0 cm³/mol. The van der Waals surface area contributed by atoms with Crippen LogP contribution in [-0.4, -0.2) is 30.6 Å². The van der Waals surface area contributed by atoms with E-state index in [0.717, 1.165) is 23.2 Å². The molecule has 0 aliphatic rings. The van der Waals surface area contributed by atoms with Crippen molar-refractivity contribution in [3.05, 3.63) is 23.8 Å². The molecule has 0 unspecified atom stereocenters. The van der Waals surface area contributed by atoms with E-state index in [1.165, 1.54) is 4.68 Å². The minimum absolute atomic E-state index is 0. The van der Waals surface area contributed by atoms with E-state index >= 15 is 0 Å². The molecular weight excluding hydrogens is 918 g/mol. The molecule has 0 saturated heterocycles. The maximum atomic E-state index is 11.8. The van der Waals surface area contributed by atoms with Gasteiger partial charge < -0.3 is 35.0 Å². The number of carbonyl (C=O) groups excluding carboxylic acids is 1. The van der Waals surface area contributed by atoms with Crippen molar-refractivity contribution in [1.82, 2.24) is 29.7 Å². The molecule has 18 heteroatoms. The van der Waals surface area contributed by atoms with Crippen LogP contribution < -0.4 is 10.3 Å². The Morgan fingerprint density at radius 3 is 2.06 bits per heavy atom. The van der Waals surface area contributed by atoms with E-state index in [2.05, 4.69) is 42.9 Å². The largest absolute Gasteiger partial charge is 0.425 e. The number of nitrogens with zero attached hydrogens (tertiary/aromatic N) is 6. The van der Waals surface area contributed by atoms with Crippen LogP contribution in [-0.2, 0) is 239 Å². The Bertz CT molecular complexity index is 900. The molecule has 3 aromatic rings. The number of hydrogen-bond donors (Lipinski definition) is 1. The first kappa shape index (κ1) is 57.5. The smallest absolute Gasteiger partial charge is 0.212 e. The zero-order valence-electron chi connectivity index (χ0n) is 18.2. The zero-order chi connectivity index (χ0) is 16.6. The number of pyridine rings is 1. The van der Waals surface area contributed by atoms with Crippen molar-refractivity contribution in [3.63, 3.8) is 0 Å². The molecule has 3 aromatic heterocycles. The molecule has 0 spiro atoms. The predicted octanol–water partition coefficient (Wildman–Crippen LogP) is 1.21. The molecule has 1 N–H and O–H groups in total. The van der Waals surface area contributed by atoms with Crippen LogP contribution in [0.3, 0.4) is 0 Å². The number of rotatable bonds is 4. The van der Waals surface area contributed by atoms with Crippen LogP contribution in [0, 0.1) is 25.4 Å². The maximum Gasteiger partial charge on any atom is 0.212 e. The van der Waals surface area contributed by atoms with Gasteiger partial charge in [0.05, 0.1) is 0 Å². The summed E-state index contributed by atoms with van der Waals surface area (Å²) in [5, 5.41) is 6.66. The van der Waals surface area contributed by atoms with Gasteiger partial charge in [-0.15, -0.1) is 11.1 Å². The van der Waals surface area contributed by atoms with Gasteiger partial charge in [0.2, 0.25) is 5.91 Å². The van der Waals surface area contributed by atoms with E-state index in [-0.39, 0.29) is 246 Å². The molecule has 164 valence electrons. The molecule has 3 rings (SSSR count). The minimum atomic E-state index is -0.174. The third-order valence-electron chi connectivity index (χ3n) is 3.50. The molecular formula is C15H16N7OV7Y3-3. The summed E-state index contributed by atoms with van der Waals surface area (Å²) in [5.41, 5.74) is 3.21. The third kappa shape index (κ3) is 15.3. The van der Waals surface area contributed by atoms with Crippen LogP contribution in [0.2, 0.25) is 0 Å². The zero-order valence-corrected chi connectivity index (χ0v) is 36.5. The minimum Gasteiger partial charge on any atom is -0.425 e. The van der Waals surface area contributed by atoms with Gasteiger partial charge in [-0.2, -0.15) is 0 Å². The van der Waals surface area contributed by atoms with Gasteiger partial charge in [0, 0.05) is 246 Å². The summed E-state index contributed by atoms with van der Waals surface area (Å²) in [6.07, 6.45) is 6.13. The third-order valence-corrected chi connectivity index (χ3v) is 3.50. The van der Waals surface area contributed by atoms with Crippen molar-refractivity contribution in [2.45, 2.75) is 34.1 Å². The Kier molecular flexibility index (Phi) is 49.1. The van der Waals surface area contributed by atoms with Crippen LogP contribution in [0.5, 0.6) is 0 Å². The Morgan fingerprint density at radius 2 is 1.58 bits per heavy atom. The number of aromatic nitrogens is 6. The Hall–Kier alpha value is 4.63. The molecule has 0 aromatic carbocycles. The fraction of sp³-hybridized carbons (Fsp3) is 0.400. The molecule has 1 amide bonds. The summed E-state index contributed by atoms with van der Waals surface area (Å²) in [6, 6.07) is 0. The molecule has 33 heavy (non-hydrogen) atoms. The second-order valence-electron chi connectivity index (χ2n) is 5.45. The van der Waals surface area contributed by atoms with Crippen LogP contribution in [0.1, 0.15) is 32.0 Å². The summed E-state index contributed by atoms with van der Waals surface area (Å²) in [7, 11) is 0. The summed E-state index contributed by atoms with van der Waals surface area (Å²) in [6.45, 7) is 7.55. The molecule has 0 atom stereocenters. The van der Waals surface area contributed by atoms with Gasteiger partial charge >= 0.3 is 0 Å². The monoisotopic (exact) mass is 933 g/mol. The quantitative estimate of drug-likeness (QED) is 0.396. The molecule has 0 bridgehead atoms. The van der Waals surface area contributed by atoms with Crippen LogP contribution in [0.4, 0.5) is 5.95 Å². The van der Waals surface area contributed by atoms with Crippen molar-refractivity contribution >= 4 is 22.9 Å². The van der Waals surface area contributed by atoms with Gasteiger partial charge in [-0.05, 0) is 6.33 Å². The molecule has 10 radical (unpaired) electrons. The molecule has 0 fully saturated rings. The number of imidazole rings is 1. The Balaban J connectivity index is -0.000000104. The van der Waals surface area contributed by atoms with Crippen LogP contribution >= 0.6 is 0 Å². The Morgan fingerprint density at radius 1 is 1.03 bits per heavy atom. The molecule has 0 saturated carbocycles. The summed E-state index contributed by atoms with van der Waals surface area (Å²) >= 11 is 0. The van der Waals surface area contributed by atoms with Gasteiger partial charge in [-0.1, -0.05) is 51.5 Å². The number of fused-ring (bicyclic) bond motifs is 1. The number of carbonyl (C=O) groups is 1. The van der Waals surface area contributed by atoms with E-state index in [9.17, 15) is 4.79 Å². The van der Waals surface area contributed by atoms with Crippen LogP contribution in [0.25, 0.3) is 17.0 Å². The van der Waals surface area contributed by atoms with E-state index in [0.29, 0.717) is 11.5 Å². The summed E-state index contributed by atoms with van der Waals surface area (Å²) in [4.78, 5) is 28.9. The fourth-order valence-electron chi connectivity index (χ4n) is 2.20. The van der Waals surface area contributed by atoms with Crippen molar-refractivity contribution in [3.8, 4) is 5.95 Å². The standard InChI is InChI=1S/C15H17N7O.7V.3Y/c1-5-10-9(4)16-6-11-12(10)20-15(19-11)22-14(17-7-18-22)21-13(23)8(2)3;;;;;;;;;;/h8H,5H2,1-4H3,(H2,16,17,18,19,20,21,23);;;;;;;;;;/q-2;;;;;;;;;;/p-1. The second-order valence-corrected chi connectivity index (χ2v) is 5.45. The average molecular weight is 934 g/mol. The Labute approximate surface area is 353 Å². The SMILES string of the molecule is CCc1c(C)n[c-]c2nc(-n3n[c-]nc3NC(=O)C(C)C)[n-]c12.[V].[V].[V].[V].[V].[V].[V].[Y].[Y].[Y]. The fourth-order valence-corrected chi connectivity index (χ4v) is 2.20. The first-order valence-corrected chi connectivity index (χ1v) is 7.37. The molecule has 8 nitrogen and oxygen atoms in total. The van der Waals surface area contributed by atoms with Crippen molar-refractivity contribution in [2.24, 2.45) is 5.92 Å². The molecule has 0 aliphatic heterocycles.